The van der Waals surface area contributed by atoms with Crippen molar-refractivity contribution < 1.29 is 18.0 Å². The molecule has 1 heterocycles. The predicted octanol–water partition coefficient (Wildman–Crippen LogP) is 4.41. The zero-order valence-corrected chi connectivity index (χ0v) is 14.2. The summed E-state index contributed by atoms with van der Waals surface area (Å²) in [5, 5.41) is 0.375. The van der Waals surface area contributed by atoms with Gasteiger partial charge in [0.25, 0.3) is 0 Å². The number of pyridine rings is 1. The van der Waals surface area contributed by atoms with Crippen LogP contribution in [0.15, 0.2) is 66.3 Å². The number of carbonyl (C=O) groups is 1. The molecule has 0 unspecified atom stereocenters. The van der Waals surface area contributed by atoms with Gasteiger partial charge in [0.1, 0.15) is 0 Å². The lowest BCUT2D eigenvalue weighted by Crippen LogP contribution is -2.32. The fourth-order valence-electron chi connectivity index (χ4n) is 2.07. The van der Waals surface area contributed by atoms with Crippen LogP contribution in [-0.4, -0.2) is 28.1 Å². The summed E-state index contributed by atoms with van der Waals surface area (Å²) < 4.78 is 37.5. The van der Waals surface area contributed by atoms with E-state index in [4.69, 9.17) is 0 Å². The Bertz CT molecular complexity index is 703. The van der Waals surface area contributed by atoms with Gasteiger partial charge >= 0.3 is 6.18 Å². The maximum atomic E-state index is 12.5. The van der Waals surface area contributed by atoms with E-state index >= 15 is 0 Å². The van der Waals surface area contributed by atoms with Crippen molar-refractivity contribution in [3.05, 3.63) is 72.4 Å². The highest BCUT2D eigenvalue weighted by Crippen LogP contribution is 2.29. The van der Waals surface area contributed by atoms with Crippen molar-refractivity contribution in [2.24, 2.45) is 0 Å². The molecule has 0 N–H and O–H groups in total. The van der Waals surface area contributed by atoms with Crippen LogP contribution < -0.4 is 0 Å². The Morgan fingerprint density at radius 1 is 1.20 bits per heavy atom. The van der Waals surface area contributed by atoms with Crippen molar-refractivity contribution in [3.63, 3.8) is 0 Å². The fourth-order valence-corrected chi connectivity index (χ4v) is 2.82. The normalized spacial score (nSPS) is 11.2. The molecule has 0 radical (unpaired) electrons. The van der Waals surface area contributed by atoms with Crippen LogP contribution in [0.3, 0.4) is 0 Å². The molecule has 0 aliphatic heterocycles. The molecule has 0 aliphatic rings. The summed E-state index contributed by atoms with van der Waals surface area (Å²) in [6.07, 6.45) is -2.00. The molecule has 0 bridgehead atoms. The number of nitrogens with zero attached hydrogens (tertiary/aromatic N) is 2. The van der Waals surface area contributed by atoms with Crippen molar-refractivity contribution in [2.75, 3.05) is 12.3 Å². The topological polar surface area (TPSA) is 33.2 Å². The largest absolute Gasteiger partial charge is 0.417 e. The summed E-state index contributed by atoms with van der Waals surface area (Å²) in [6.45, 7) is 4.50. The number of alkyl halides is 3. The van der Waals surface area contributed by atoms with Gasteiger partial charge < -0.3 is 4.90 Å². The van der Waals surface area contributed by atoms with Crippen molar-refractivity contribution in [3.8, 4) is 0 Å². The van der Waals surface area contributed by atoms with Crippen LogP contribution in [0, 0.1) is 0 Å². The van der Waals surface area contributed by atoms with E-state index < -0.39 is 11.7 Å². The average Bonchev–Trinajstić information content (AvgIpc) is 2.60. The van der Waals surface area contributed by atoms with Gasteiger partial charge in [0.2, 0.25) is 5.91 Å². The Morgan fingerprint density at radius 3 is 2.48 bits per heavy atom. The number of halogens is 3. The van der Waals surface area contributed by atoms with Gasteiger partial charge in [-0.3, -0.25) is 4.79 Å². The monoisotopic (exact) mass is 366 g/mol. The summed E-state index contributed by atoms with van der Waals surface area (Å²) >= 11 is 1.11. The SMILES string of the molecule is C=CCN(Cc1ccccc1)C(=O)CSc1ccc(C(F)(F)F)cn1. The van der Waals surface area contributed by atoms with Gasteiger partial charge in [-0.25, -0.2) is 4.98 Å². The molecular weight excluding hydrogens is 349 g/mol. The van der Waals surface area contributed by atoms with Crippen LogP contribution in [0.2, 0.25) is 0 Å². The summed E-state index contributed by atoms with van der Waals surface area (Å²) in [6, 6.07) is 11.8. The van der Waals surface area contributed by atoms with Gasteiger partial charge in [-0.05, 0) is 17.7 Å². The van der Waals surface area contributed by atoms with Gasteiger partial charge in [0, 0.05) is 19.3 Å². The number of amides is 1. The molecule has 25 heavy (non-hydrogen) atoms. The standard InChI is InChI=1S/C18H17F3N2OS/c1-2-10-23(12-14-6-4-3-5-7-14)17(24)13-25-16-9-8-15(11-22-16)18(19,20)21/h2-9,11H,1,10,12-13H2. The molecule has 2 aromatic rings. The minimum Gasteiger partial charge on any atom is -0.334 e. The molecule has 0 spiro atoms. The maximum Gasteiger partial charge on any atom is 0.417 e. The Labute approximate surface area is 148 Å². The second kappa shape index (κ2) is 8.71. The molecule has 7 heteroatoms. The van der Waals surface area contributed by atoms with Crippen LogP contribution in [-0.2, 0) is 17.5 Å². The molecule has 1 aromatic heterocycles. The molecule has 1 amide bonds. The second-order valence-electron chi connectivity index (χ2n) is 5.22. The molecule has 0 atom stereocenters. The smallest absolute Gasteiger partial charge is 0.334 e. The molecular formula is C18H17F3N2OS. The van der Waals surface area contributed by atoms with Crippen molar-refractivity contribution >= 4 is 17.7 Å². The molecule has 132 valence electrons. The number of thioether (sulfide) groups is 1. The Morgan fingerprint density at radius 2 is 1.92 bits per heavy atom. The Hall–Kier alpha value is -2.28. The lowest BCUT2D eigenvalue weighted by atomic mass is 10.2. The van der Waals surface area contributed by atoms with E-state index in [1.54, 1.807) is 11.0 Å². The first-order valence-corrected chi connectivity index (χ1v) is 8.47. The third kappa shape index (κ3) is 5.94. The number of aromatic nitrogens is 1. The predicted molar refractivity (Wildman–Crippen MR) is 92.0 cm³/mol. The van der Waals surface area contributed by atoms with Crippen LogP contribution in [0.25, 0.3) is 0 Å². The van der Waals surface area contributed by atoms with Gasteiger partial charge in [-0.15, -0.1) is 6.58 Å². The van der Waals surface area contributed by atoms with E-state index in [1.807, 2.05) is 30.3 Å². The van der Waals surface area contributed by atoms with E-state index in [0.29, 0.717) is 18.1 Å². The van der Waals surface area contributed by atoms with Crippen LogP contribution in [0.4, 0.5) is 13.2 Å². The van der Waals surface area contributed by atoms with E-state index in [2.05, 4.69) is 11.6 Å². The zero-order valence-electron chi connectivity index (χ0n) is 13.4. The van der Waals surface area contributed by atoms with Crippen LogP contribution >= 0.6 is 11.8 Å². The summed E-state index contributed by atoms with van der Waals surface area (Å²) in [4.78, 5) is 17.8. The minimum atomic E-state index is -4.41. The van der Waals surface area contributed by atoms with E-state index in [1.165, 1.54) is 6.07 Å². The van der Waals surface area contributed by atoms with Crippen molar-refractivity contribution in [2.45, 2.75) is 17.7 Å². The third-order valence-electron chi connectivity index (χ3n) is 3.33. The summed E-state index contributed by atoms with van der Waals surface area (Å²) in [5.74, 6) is -0.0329. The van der Waals surface area contributed by atoms with Crippen LogP contribution in [0.1, 0.15) is 11.1 Å². The third-order valence-corrected chi connectivity index (χ3v) is 4.25. The highest BCUT2D eigenvalue weighted by atomic mass is 32.2. The van der Waals surface area contributed by atoms with Crippen LogP contribution in [0.5, 0.6) is 0 Å². The maximum absolute atomic E-state index is 12.5. The van der Waals surface area contributed by atoms with Crippen molar-refractivity contribution in [1.82, 2.24) is 9.88 Å². The zero-order chi connectivity index (χ0) is 18.3. The lowest BCUT2D eigenvalue weighted by molar-refractivity contribution is -0.138. The van der Waals surface area contributed by atoms with E-state index in [9.17, 15) is 18.0 Å². The Balaban J connectivity index is 1.95. The average molecular weight is 366 g/mol. The molecule has 0 saturated carbocycles. The van der Waals surface area contributed by atoms with Gasteiger partial charge in [0.05, 0.1) is 16.3 Å². The number of hydrogen-bond acceptors (Lipinski definition) is 3. The van der Waals surface area contributed by atoms with E-state index in [0.717, 1.165) is 29.6 Å². The second-order valence-corrected chi connectivity index (χ2v) is 6.22. The first-order valence-electron chi connectivity index (χ1n) is 7.49. The lowest BCUT2D eigenvalue weighted by Gasteiger charge is -2.21. The van der Waals surface area contributed by atoms with E-state index in [-0.39, 0.29) is 11.7 Å². The number of carbonyl (C=O) groups excluding carboxylic acids is 1. The number of benzene rings is 1. The molecule has 1 aromatic carbocycles. The van der Waals surface area contributed by atoms with Crippen molar-refractivity contribution in [1.29, 1.82) is 0 Å². The molecule has 2 rings (SSSR count). The molecule has 3 nitrogen and oxygen atoms in total. The molecule has 0 saturated heterocycles. The first-order chi connectivity index (χ1) is 11.9. The van der Waals surface area contributed by atoms with Gasteiger partial charge in [-0.2, -0.15) is 13.2 Å². The molecule has 0 fully saturated rings. The highest BCUT2D eigenvalue weighted by Gasteiger charge is 2.30. The summed E-state index contributed by atoms with van der Waals surface area (Å²) in [5.41, 5.74) is 0.191. The highest BCUT2D eigenvalue weighted by molar-refractivity contribution is 7.99. The Kier molecular flexibility index (Phi) is 6.64. The number of rotatable bonds is 7. The minimum absolute atomic E-state index is 0.0963. The first kappa shape index (κ1) is 19.1. The molecule has 0 aliphatic carbocycles. The van der Waals surface area contributed by atoms with Gasteiger partial charge in [-0.1, -0.05) is 48.2 Å². The van der Waals surface area contributed by atoms with Gasteiger partial charge in [0.15, 0.2) is 0 Å². The number of hydrogen-bond donors (Lipinski definition) is 0. The quantitative estimate of drug-likeness (QED) is 0.538. The summed E-state index contributed by atoms with van der Waals surface area (Å²) in [7, 11) is 0. The fraction of sp³-hybridized carbons (Fsp3) is 0.222.